The molecule has 27 heavy (non-hydrogen) atoms. The van der Waals surface area contributed by atoms with E-state index in [1.807, 2.05) is 6.92 Å². The lowest BCUT2D eigenvalue weighted by atomic mass is 9.99. The number of hydrogen-bond acceptors (Lipinski definition) is 2. The van der Waals surface area contributed by atoms with E-state index in [4.69, 9.17) is 11.6 Å². The van der Waals surface area contributed by atoms with Gasteiger partial charge in [-0.3, -0.25) is 9.59 Å². The first kappa shape index (κ1) is 19.4. The van der Waals surface area contributed by atoms with E-state index in [1.54, 1.807) is 52.3 Å². The highest BCUT2D eigenvalue weighted by molar-refractivity contribution is 6.30. The van der Waals surface area contributed by atoms with Crippen molar-refractivity contribution in [2.45, 2.75) is 13.3 Å². The minimum absolute atomic E-state index is 0.00638. The van der Waals surface area contributed by atoms with E-state index in [0.29, 0.717) is 48.7 Å². The van der Waals surface area contributed by atoms with Gasteiger partial charge in [0.05, 0.1) is 0 Å². The van der Waals surface area contributed by atoms with Crippen molar-refractivity contribution >= 4 is 23.4 Å². The maximum Gasteiger partial charge on any atom is 0.254 e. The maximum atomic E-state index is 13.8. The Morgan fingerprint density at radius 2 is 1.70 bits per heavy atom. The molecule has 2 amide bonds. The first-order valence-corrected chi connectivity index (χ1v) is 9.40. The number of carbonyl (C=O) groups is 2. The van der Waals surface area contributed by atoms with Crippen LogP contribution in [0.1, 0.15) is 22.8 Å². The molecule has 0 N–H and O–H groups in total. The summed E-state index contributed by atoms with van der Waals surface area (Å²) < 4.78 is 13.8. The molecule has 0 saturated carbocycles. The van der Waals surface area contributed by atoms with Crippen LogP contribution in [0.15, 0.2) is 48.5 Å². The molecule has 6 heteroatoms. The Morgan fingerprint density at radius 3 is 2.37 bits per heavy atom. The summed E-state index contributed by atoms with van der Waals surface area (Å²) in [7, 11) is 0. The van der Waals surface area contributed by atoms with E-state index < -0.39 is 0 Å². The highest BCUT2D eigenvalue weighted by Gasteiger charge is 2.27. The summed E-state index contributed by atoms with van der Waals surface area (Å²) in [6.45, 7) is 3.73. The third-order valence-corrected chi connectivity index (χ3v) is 5.09. The summed E-state index contributed by atoms with van der Waals surface area (Å²) in [5.41, 5.74) is 1.10. The summed E-state index contributed by atoms with van der Waals surface area (Å²) in [4.78, 5) is 28.7. The quantitative estimate of drug-likeness (QED) is 0.802. The molecule has 1 heterocycles. The van der Waals surface area contributed by atoms with Crippen LogP contribution in [0.5, 0.6) is 0 Å². The van der Waals surface area contributed by atoms with Crippen LogP contribution in [-0.2, 0) is 11.2 Å². The normalized spacial score (nSPS) is 15.5. The fourth-order valence-corrected chi connectivity index (χ4v) is 3.52. The Bertz CT molecular complexity index is 834. The molecular formula is C21H22ClFN2O2. The SMILES string of the molecule is CC(Cc1ccccc1F)C(=O)N1CCN(C(=O)c2cccc(Cl)c2)CC1. The second-order valence-electron chi connectivity index (χ2n) is 6.82. The zero-order chi connectivity index (χ0) is 19.4. The molecule has 2 aromatic carbocycles. The number of carbonyl (C=O) groups excluding carboxylic acids is 2. The predicted molar refractivity (Wildman–Crippen MR) is 103 cm³/mol. The van der Waals surface area contributed by atoms with Gasteiger partial charge >= 0.3 is 0 Å². The lowest BCUT2D eigenvalue weighted by Crippen LogP contribution is -2.51. The number of hydrogen-bond donors (Lipinski definition) is 0. The number of halogens is 2. The van der Waals surface area contributed by atoms with Crippen molar-refractivity contribution in [3.63, 3.8) is 0 Å². The molecule has 1 atom stereocenters. The Kier molecular flexibility index (Phi) is 6.11. The molecule has 2 aromatic rings. The molecule has 142 valence electrons. The van der Waals surface area contributed by atoms with Crippen LogP contribution < -0.4 is 0 Å². The lowest BCUT2D eigenvalue weighted by molar-refractivity contribution is -0.136. The minimum atomic E-state index is -0.308. The zero-order valence-electron chi connectivity index (χ0n) is 15.2. The summed E-state index contributed by atoms with van der Waals surface area (Å²) in [5, 5.41) is 0.525. The average Bonchev–Trinajstić information content (AvgIpc) is 2.68. The molecule has 1 saturated heterocycles. The van der Waals surface area contributed by atoms with Crippen LogP contribution in [0.2, 0.25) is 5.02 Å². The van der Waals surface area contributed by atoms with Crippen LogP contribution in [0.3, 0.4) is 0 Å². The van der Waals surface area contributed by atoms with E-state index in [1.165, 1.54) is 6.07 Å². The Balaban J connectivity index is 1.56. The molecule has 1 aliphatic rings. The third kappa shape index (κ3) is 4.66. The van der Waals surface area contributed by atoms with Gasteiger partial charge in [0, 0.05) is 42.7 Å². The average molecular weight is 389 g/mol. The topological polar surface area (TPSA) is 40.6 Å². The fraction of sp³-hybridized carbons (Fsp3) is 0.333. The van der Waals surface area contributed by atoms with Gasteiger partial charge in [-0.1, -0.05) is 42.8 Å². The summed E-state index contributed by atoms with van der Waals surface area (Å²) >= 11 is 5.95. The van der Waals surface area contributed by atoms with Crippen LogP contribution in [0, 0.1) is 11.7 Å². The summed E-state index contributed by atoms with van der Waals surface area (Å²) in [5.74, 6) is -0.678. The smallest absolute Gasteiger partial charge is 0.254 e. The van der Waals surface area contributed by atoms with Gasteiger partial charge in [-0.05, 0) is 36.2 Å². The second-order valence-corrected chi connectivity index (χ2v) is 7.26. The molecular weight excluding hydrogens is 367 g/mol. The van der Waals surface area contributed by atoms with Crippen molar-refractivity contribution in [1.29, 1.82) is 0 Å². The van der Waals surface area contributed by atoms with Crippen molar-refractivity contribution in [3.8, 4) is 0 Å². The predicted octanol–water partition coefficient (Wildman–Crippen LogP) is 3.64. The molecule has 1 fully saturated rings. The highest BCUT2D eigenvalue weighted by Crippen LogP contribution is 2.17. The third-order valence-electron chi connectivity index (χ3n) is 4.86. The van der Waals surface area contributed by atoms with Gasteiger partial charge in [0.15, 0.2) is 0 Å². The number of benzene rings is 2. The Hall–Kier alpha value is -2.40. The standard InChI is InChI=1S/C21H22ClFN2O2/c1-15(13-16-5-2-3-8-19(16)23)20(26)24-9-11-25(12-10-24)21(27)17-6-4-7-18(22)14-17/h2-8,14-15H,9-13H2,1H3. The summed E-state index contributed by atoms with van der Waals surface area (Å²) in [6, 6.07) is 13.4. The number of nitrogens with zero attached hydrogens (tertiary/aromatic N) is 2. The van der Waals surface area contributed by atoms with Gasteiger partial charge < -0.3 is 9.80 Å². The monoisotopic (exact) mass is 388 g/mol. The Morgan fingerprint density at radius 1 is 1.04 bits per heavy atom. The largest absolute Gasteiger partial charge is 0.339 e. The molecule has 0 aliphatic carbocycles. The van der Waals surface area contributed by atoms with Gasteiger partial charge in [0.25, 0.3) is 5.91 Å². The Labute approximate surface area is 163 Å². The maximum absolute atomic E-state index is 13.8. The van der Waals surface area contributed by atoms with Crippen molar-refractivity contribution in [2.24, 2.45) is 5.92 Å². The van der Waals surface area contributed by atoms with Gasteiger partial charge in [-0.15, -0.1) is 0 Å². The molecule has 0 spiro atoms. The van der Waals surface area contributed by atoms with E-state index >= 15 is 0 Å². The molecule has 1 aliphatic heterocycles. The number of amides is 2. The first-order chi connectivity index (χ1) is 13.0. The van der Waals surface area contributed by atoms with Crippen LogP contribution >= 0.6 is 11.6 Å². The van der Waals surface area contributed by atoms with Gasteiger partial charge in [0.1, 0.15) is 5.82 Å². The fourth-order valence-electron chi connectivity index (χ4n) is 3.33. The van der Waals surface area contributed by atoms with Crippen molar-refractivity contribution in [1.82, 2.24) is 9.80 Å². The van der Waals surface area contributed by atoms with Gasteiger partial charge in [-0.2, -0.15) is 0 Å². The number of piperazine rings is 1. The van der Waals surface area contributed by atoms with E-state index in [2.05, 4.69) is 0 Å². The molecule has 0 bridgehead atoms. The first-order valence-electron chi connectivity index (χ1n) is 9.02. The second kappa shape index (κ2) is 8.53. The van der Waals surface area contributed by atoms with E-state index in [0.717, 1.165) is 0 Å². The molecule has 0 aromatic heterocycles. The highest BCUT2D eigenvalue weighted by atomic mass is 35.5. The van der Waals surface area contributed by atoms with Gasteiger partial charge in [-0.25, -0.2) is 4.39 Å². The van der Waals surface area contributed by atoms with E-state index in [-0.39, 0.29) is 23.5 Å². The van der Waals surface area contributed by atoms with Crippen LogP contribution in [0.25, 0.3) is 0 Å². The van der Waals surface area contributed by atoms with Crippen LogP contribution in [0.4, 0.5) is 4.39 Å². The lowest BCUT2D eigenvalue weighted by Gasteiger charge is -2.36. The molecule has 4 nitrogen and oxygen atoms in total. The van der Waals surface area contributed by atoms with Crippen molar-refractivity contribution in [3.05, 3.63) is 70.5 Å². The molecule has 1 unspecified atom stereocenters. The molecule has 0 radical (unpaired) electrons. The van der Waals surface area contributed by atoms with Gasteiger partial charge in [0.2, 0.25) is 5.91 Å². The zero-order valence-corrected chi connectivity index (χ0v) is 16.0. The minimum Gasteiger partial charge on any atom is -0.339 e. The van der Waals surface area contributed by atoms with Crippen molar-refractivity contribution in [2.75, 3.05) is 26.2 Å². The van der Waals surface area contributed by atoms with Crippen molar-refractivity contribution < 1.29 is 14.0 Å². The number of rotatable bonds is 4. The summed E-state index contributed by atoms with van der Waals surface area (Å²) in [6.07, 6.45) is 0.368. The van der Waals surface area contributed by atoms with E-state index in [9.17, 15) is 14.0 Å². The van der Waals surface area contributed by atoms with Crippen LogP contribution in [-0.4, -0.2) is 47.8 Å². The molecule has 3 rings (SSSR count).